The summed E-state index contributed by atoms with van der Waals surface area (Å²) in [6, 6.07) is 4.72. The van der Waals surface area contributed by atoms with Gasteiger partial charge in [-0.05, 0) is 43.7 Å². The summed E-state index contributed by atoms with van der Waals surface area (Å²) < 4.78 is 5.62. The molecular weight excluding hydrogens is 254 g/mol. The lowest BCUT2D eigenvalue weighted by Gasteiger charge is -2.21. The fourth-order valence-corrected chi connectivity index (χ4v) is 3.30. The number of rotatable bonds is 7. The number of nitrogens with one attached hydrogen (secondary N) is 1. The molecule has 0 heterocycles. The minimum atomic E-state index is 0.345. The lowest BCUT2D eigenvalue weighted by atomic mass is 10.00. The van der Waals surface area contributed by atoms with Crippen LogP contribution in [0.1, 0.15) is 36.6 Å². The third kappa shape index (κ3) is 4.43. The van der Waals surface area contributed by atoms with Crippen molar-refractivity contribution in [2.45, 2.75) is 33.7 Å². The van der Waals surface area contributed by atoms with Crippen molar-refractivity contribution in [2.75, 3.05) is 25.7 Å². The molecule has 0 aromatic heterocycles. The van der Waals surface area contributed by atoms with E-state index in [1.54, 1.807) is 7.11 Å². The number of ether oxygens (including phenoxy) is 1. The molecule has 19 heavy (non-hydrogen) atoms. The molecular formula is C16H27NOS. The molecule has 0 radical (unpaired) electrons. The van der Waals surface area contributed by atoms with Gasteiger partial charge < -0.3 is 10.1 Å². The largest absolute Gasteiger partial charge is 0.496 e. The van der Waals surface area contributed by atoms with E-state index in [1.807, 2.05) is 18.8 Å². The van der Waals surface area contributed by atoms with Crippen molar-refractivity contribution in [3.05, 3.63) is 28.8 Å². The van der Waals surface area contributed by atoms with Crippen molar-refractivity contribution in [3.63, 3.8) is 0 Å². The first-order valence-electron chi connectivity index (χ1n) is 6.90. The van der Waals surface area contributed by atoms with Gasteiger partial charge in [-0.15, -0.1) is 0 Å². The smallest absolute Gasteiger partial charge is 0.126 e. The summed E-state index contributed by atoms with van der Waals surface area (Å²) >= 11 is 2.00. The van der Waals surface area contributed by atoms with Gasteiger partial charge in [-0.25, -0.2) is 0 Å². The van der Waals surface area contributed by atoms with Crippen molar-refractivity contribution < 1.29 is 4.74 Å². The molecule has 1 aromatic carbocycles. The van der Waals surface area contributed by atoms with Crippen LogP contribution >= 0.6 is 11.8 Å². The van der Waals surface area contributed by atoms with E-state index in [1.165, 1.54) is 22.4 Å². The van der Waals surface area contributed by atoms with E-state index < -0.39 is 0 Å². The average Bonchev–Trinajstić information content (AvgIpc) is 2.38. The molecule has 0 fully saturated rings. The lowest BCUT2D eigenvalue weighted by molar-refractivity contribution is 0.400. The standard InChI is InChI=1S/C16H27NOS/c1-11(2)9-19-10-15(17-5)14-8-7-12(3)13(4)16(14)18-6/h7-8,11,15,17H,9-10H2,1-6H3. The Morgan fingerprint density at radius 2 is 1.89 bits per heavy atom. The summed E-state index contributed by atoms with van der Waals surface area (Å²) in [6.45, 7) is 8.78. The highest BCUT2D eigenvalue weighted by Gasteiger charge is 2.17. The van der Waals surface area contributed by atoms with Crippen LogP contribution in [0.4, 0.5) is 0 Å². The Balaban J connectivity index is 2.89. The fourth-order valence-electron chi connectivity index (χ4n) is 2.11. The Kier molecular flexibility index (Phi) is 6.73. The zero-order valence-electron chi connectivity index (χ0n) is 13.0. The van der Waals surface area contributed by atoms with E-state index in [2.05, 4.69) is 45.1 Å². The van der Waals surface area contributed by atoms with E-state index in [0.717, 1.165) is 17.4 Å². The van der Waals surface area contributed by atoms with Crippen LogP contribution in [-0.4, -0.2) is 25.7 Å². The first-order chi connectivity index (χ1) is 9.01. The molecule has 0 saturated heterocycles. The normalized spacial score (nSPS) is 12.8. The molecule has 0 bridgehead atoms. The van der Waals surface area contributed by atoms with Gasteiger partial charge in [0.1, 0.15) is 5.75 Å². The Bertz CT molecular complexity index is 404. The van der Waals surface area contributed by atoms with E-state index in [4.69, 9.17) is 4.74 Å². The second-order valence-electron chi connectivity index (χ2n) is 5.40. The van der Waals surface area contributed by atoms with Crippen LogP contribution in [-0.2, 0) is 0 Å². The predicted molar refractivity (Wildman–Crippen MR) is 86.4 cm³/mol. The number of benzene rings is 1. The van der Waals surface area contributed by atoms with Gasteiger partial charge >= 0.3 is 0 Å². The van der Waals surface area contributed by atoms with Crippen molar-refractivity contribution in [3.8, 4) is 5.75 Å². The number of hydrogen-bond donors (Lipinski definition) is 1. The number of aryl methyl sites for hydroxylation is 1. The molecule has 1 rings (SSSR count). The molecule has 1 unspecified atom stereocenters. The molecule has 1 aromatic rings. The first kappa shape index (κ1) is 16.4. The van der Waals surface area contributed by atoms with Gasteiger partial charge in [0.25, 0.3) is 0 Å². The molecule has 3 heteroatoms. The summed E-state index contributed by atoms with van der Waals surface area (Å²) in [6.07, 6.45) is 0. The van der Waals surface area contributed by atoms with E-state index >= 15 is 0 Å². The Morgan fingerprint density at radius 3 is 2.42 bits per heavy atom. The molecule has 2 nitrogen and oxygen atoms in total. The number of hydrogen-bond acceptors (Lipinski definition) is 3. The van der Waals surface area contributed by atoms with Crippen LogP contribution in [0.3, 0.4) is 0 Å². The third-order valence-corrected chi connectivity index (χ3v) is 4.84. The summed E-state index contributed by atoms with van der Waals surface area (Å²) in [7, 11) is 3.79. The highest BCUT2D eigenvalue weighted by Crippen LogP contribution is 2.32. The van der Waals surface area contributed by atoms with Crippen molar-refractivity contribution in [1.29, 1.82) is 0 Å². The summed E-state index contributed by atoms with van der Waals surface area (Å²) in [5.41, 5.74) is 3.80. The highest BCUT2D eigenvalue weighted by molar-refractivity contribution is 7.99. The van der Waals surface area contributed by atoms with Crippen LogP contribution in [0, 0.1) is 19.8 Å². The quantitative estimate of drug-likeness (QED) is 0.817. The molecule has 0 aliphatic heterocycles. The monoisotopic (exact) mass is 281 g/mol. The second-order valence-corrected chi connectivity index (χ2v) is 6.48. The van der Waals surface area contributed by atoms with Gasteiger partial charge in [0.15, 0.2) is 0 Å². The maximum absolute atomic E-state index is 5.62. The van der Waals surface area contributed by atoms with E-state index in [0.29, 0.717) is 6.04 Å². The molecule has 1 N–H and O–H groups in total. The summed E-state index contributed by atoms with van der Waals surface area (Å²) in [5.74, 6) is 4.05. The number of thioether (sulfide) groups is 1. The molecule has 0 spiro atoms. The summed E-state index contributed by atoms with van der Waals surface area (Å²) in [4.78, 5) is 0. The zero-order chi connectivity index (χ0) is 14.4. The molecule has 0 saturated carbocycles. The fraction of sp³-hybridized carbons (Fsp3) is 0.625. The molecule has 0 aliphatic carbocycles. The van der Waals surface area contributed by atoms with Gasteiger partial charge in [-0.3, -0.25) is 0 Å². The van der Waals surface area contributed by atoms with Crippen LogP contribution < -0.4 is 10.1 Å². The predicted octanol–water partition coefficient (Wildman–Crippen LogP) is 3.96. The summed E-state index contributed by atoms with van der Waals surface area (Å²) in [5, 5.41) is 3.41. The number of methoxy groups -OCH3 is 1. The van der Waals surface area contributed by atoms with Crippen LogP contribution in [0.25, 0.3) is 0 Å². The minimum Gasteiger partial charge on any atom is -0.496 e. The first-order valence-corrected chi connectivity index (χ1v) is 8.05. The van der Waals surface area contributed by atoms with Crippen molar-refractivity contribution >= 4 is 11.8 Å². The van der Waals surface area contributed by atoms with Crippen molar-refractivity contribution in [2.24, 2.45) is 5.92 Å². The average molecular weight is 281 g/mol. The Morgan fingerprint density at radius 1 is 1.21 bits per heavy atom. The molecule has 1 atom stereocenters. The van der Waals surface area contributed by atoms with Gasteiger partial charge in [-0.2, -0.15) is 11.8 Å². The third-order valence-electron chi connectivity index (χ3n) is 3.37. The van der Waals surface area contributed by atoms with Gasteiger partial charge in [0.2, 0.25) is 0 Å². The highest BCUT2D eigenvalue weighted by atomic mass is 32.2. The Hall–Kier alpha value is -0.670. The maximum Gasteiger partial charge on any atom is 0.126 e. The van der Waals surface area contributed by atoms with E-state index in [9.17, 15) is 0 Å². The topological polar surface area (TPSA) is 21.3 Å². The Labute approximate surface area is 122 Å². The second kappa shape index (κ2) is 7.81. The van der Waals surface area contributed by atoms with Gasteiger partial charge in [0.05, 0.1) is 7.11 Å². The van der Waals surface area contributed by atoms with Gasteiger partial charge in [0, 0.05) is 17.4 Å². The minimum absolute atomic E-state index is 0.345. The molecule has 0 amide bonds. The van der Waals surface area contributed by atoms with Gasteiger partial charge in [-0.1, -0.05) is 26.0 Å². The lowest BCUT2D eigenvalue weighted by Crippen LogP contribution is -2.20. The van der Waals surface area contributed by atoms with Crippen LogP contribution in [0.15, 0.2) is 12.1 Å². The van der Waals surface area contributed by atoms with Crippen LogP contribution in [0.5, 0.6) is 5.75 Å². The molecule has 0 aliphatic rings. The van der Waals surface area contributed by atoms with Crippen molar-refractivity contribution in [1.82, 2.24) is 5.32 Å². The zero-order valence-corrected chi connectivity index (χ0v) is 13.9. The SMILES string of the molecule is CNC(CSCC(C)C)c1ccc(C)c(C)c1OC. The molecule has 108 valence electrons. The van der Waals surface area contributed by atoms with Crippen LogP contribution in [0.2, 0.25) is 0 Å². The maximum atomic E-state index is 5.62. The van der Waals surface area contributed by atoms with E-state index in [-0.39, 0.29) is 0 Å².